The Kier molecular flexibility index (Phi) is 5.05. The second-order valence-electron chi connectivity index (χ2n) is 3.54. The number of alkyl carbamates (subject to hydrolysis) is 1. The molecule has 0 aliphatic carbocycles. The van der Waals surface area contributed by atoms with Crippen LogP contribution < -0.4 is 10.6 Å². The maximum atomic E-state index is 11.1. The van der Waals surface area contributed by atoms with E-state index in [0.29, 0.717) is 5.56 Å². The number of amides is 1. The van der Waals surface area contributed by atoms with Crippen molar-refractivity contribution in [2.24, 2.45) is 0 Å². The number of carbonyl (C=O) groups excluding carboxylic acids is 1. The van der Waals surface area contributed by atoms with Crippen LogP contribution in [-0.4, -0.2) is 33.5 Å². The van der Waals surface area contributed by atoms with Crippen molar-refractivity contribution in [1.29, 1.82) is 0 Å². The lowest BCUT2D eigenvalue weighted by molar-refractivity contribution is -0.135. The zero-order valence-corrected chi connectivity index (χ0v) is 10.5. The highest BCUT2D eigenvalue weighted by Gasteiger charge is 2.17. The number of hydrogen-bond donors (Lipinski definition) is 4. The SMILES string of the molecule is O=C(O)CNC(=O)OCc1cccc(P(=O)(O)O)c1. The second-order valence-corrected chi connectivity index (χ2v) is 5.14. The number of aliphatic carboxylic acids is 1. The summed E-state index contributed by atoms with van der Waals surface area (Å²) in [7, 11) is -4.35. The smallest absolute Gasteiger partial charge is 0.407 e. The Hall–Kier alpha value is -1.89. The Balaban J connectivity index is 2.56. The van der Waals surface area contributed by atoms with Crippen LogP contribution in [0.3, 0.4) is 0 Å². The molecule has 0 saturated carbocycles. The fourth-order valence-electron chi connectivity index (χ4n) is 1.18. The molecule has 104 valence electrons. The van der Waals surface area contributed by atoms with Gasteiger partial charge >= 0.3 is 19.7 Å². The van der Waals surface area contributed by atoms with Crippen LogP contribution in [0.5, 0.6) is 0 Å². The third-order valence-corrected chi connectivity index (χ3v) is 2.95. The molecule has 8 nitrogen and oxygen atoms in total. The molecule has 0 heterocycles. The third-order valence-electron chi connectivity index (χ3n) is 2.00. The van der Waals surface area contributed by atoms with Gasteiger partial charge in [-0.3, -0.25) is 9.36 Å². The van der Waals surface area contributed by atoms with E-state index in [1.807, 2.05) is 5.32 Å². The summed E-state index contributed by atoms with van der Waals surface area (Å²) >= 11 is 0. The topological polar surface area (TPSA) is 133 Å². The molecule has 0 radical (unpaired) electrons. The lowest BCUT2D eigenvalue weighted by Crippen LogP contribution is -2.29. The molecule has 0 bridgehead atoms. The first-order valence-electron chi connectivity index (χ1n) is 5.06. The molecule has 0 aliphatic rings. The minimum absolute atomic E-state index is 0.181. The summed E-state index contributed by atoms with van der Waals surface area (Å²) < 4.78 is 15.7. The van der Waals surface area contributed by atoms with Gasteiger partial charge in [-0.25, -0.2) is 4.79 Å². The quantitative estimate of drug-likeness (QED) is 0.551. The number of hydrogen-bond acceptors (Lipinski definition) is 4. The largest absolute Gasteiger partial charge is 0.480 e. The summed E-state index contributed by atoms with van der Waals surface area (Å²) in [5, 5.41) is 10.1. The molecule has 0 aliphatic heterocycles. The van der Waals surface area contributed by atoms with Crippen molar-refractivity contribution in [3.63, 3.8) is 0 Å². The number of rotatable bonds is 5. The van der Waals surface area contributed by atoms with E-state index >= 15 is 0 Å². The highest BCUT2D eigenvalue weighted by Crippen LogP contribution is 2.33. The number of carbonyl (C=O) groups is 2. The number of ether oxygens (including phenoxy) is 1. The van der Waals surface area contributed by atoms with E-state index in [1.165, 1.54) is 24.3 Å². The van der Waals surface area contributed by atoms with Gasteiger partial charge in [0.25, 0.3) is 0 Å². The number of benzene rings is 1. The predicted octanol–water partition coefficient (Wildman–Crippen LogP) is -0.200. The van der Waals surface area contributed by atoms with Gasteiger partial charge in [-0.05, 0) is 17.7 Å². The number of nitrogens with one attached hydrogen (secondary N) is 1. The average molecular weight is 289 g/mol. The highest BCUT2D eigenvalue weighted by atomic mass is 31.2. The molecule has 1 amide bonds. The van der Waals surface area contributed by atoms with E-state index in [-0.39, 0.29) is 11.9 Å². The fraction of sp³-hybridized carbons (Fsp3) is 0.200. The minimum atomic E-state index is -4.35. The van der Waals surface area contributed by atoms with Crippen molar-refractivity contribution < 1.29 is 33.8 Å². The number of carboxylic acids is 1. The van der Waals surface area contributed by atoms with Gasteiger partial charge in [-0.15, -0.1) is 0 Å². The maximum absolute atomic E-state index is 11.1. The lowest BCUT2D eigenvalue weighted by Gasteiger charge is -2.08. The van der Waals surface area contributed by atoms with Crippen LogP contribution in [0.25, 0.3) is 0 Å². The van der Waals surface area contributed by atoms with Crippen molar-refractivity contribution in [2.75, 3.05) is 6.54 Å². The van der Waals surface area contributed by atoms with E-state index in [1.54, 1.807) is 0 Å². The summed E-state index contributed by atoms with van der Waals surface area (Å²) in [6.07, 6.45) is -0.927. The van der Waals surface area contributed by atoms with Crippen LogP contribution in [0.1, 0.15) is 5.56 Å². The van der Waals surface area contributed by atoms with Gasteiger partial charge in [0, 0.05) is 0 Å². The molecule has 0 unspecified atom stereocenters. The molecule has 4 N–H and O–H groups in total. The Labute approximate surface area is 108 Å². The van der Waals surface area contributed by atoms with Crippen LogP contribution in [-0.2, 0) is 20.7 Å². The molecule has 0 aromatic heterocycles. The van der Waals surface area contributed by atoms with Gasteiger partial charge in [-0.1, -0.05) is 12.1 Å². The highest BCUT2D eigenvalue weighted by molar-refractivity contribution is 7.60. The Morgan fingerprint density at radius 1 is 1.32 bits per heavy atom. The summed E-state index contributed by atoms with van der Waals surface area (Å²) in [6.45, 7) is -0.791. The molecule has 0 spiro atoms. The van der Waals surface area contributed by atoms with Crippen LogP contribution in [0.15, 0.2) is 24.3 Å². The molecule has 1 aromatic rings. The lowest BCUT2D eigenvalue weighted by atomic mass is 10.2. The van der Waals surface area contributed by atoms with Crippen molar-refractivity contribution in [1.82, 2.24) is 5.32 Å². The molecular weight excluding hydrogens is 277 g/mol. The molecule has 0 fully saturated rings. The Morgan fingerprint density at radius 3 is 2.58 bits per heavy atom. The first kappa shape index (κ1) is 15.2. The van der Waals surface area contributed by atoms with Gasteiger partial charge in [-0.2, -0.15) is 0 Å². The molecule has 9 heteroatoms. The fourth-order valence-corrected chi connectivity index (χ4v) is 1.79. The van der Waals surface area contributed by atoms with Crippen LogP contribution in [0.4, 0.5) is 4.79 Å². The first-order chi connectivity index (χ1) is 8.79. The molecule has 0 saturated heterocycles. The van der Waals surface area contributed by atoms with E-state index < -0.39 is 26.2 Å². The molecule has 1 rings (SSSR count). The second kappa shape index (κ2) is 6.33. The first-order valence-corrected chi connectivity index (χ1v) is 6.68. The van der Waals surface area contributed by atoms with Gasteiger partial charge < -0.3 is 24.9 Å². The van der Waals surface area contributed by atoms with Gasteiger partial charge in [0.15, 0.2) is 0 Å². The molecular formula is C10H12NO7P. The van der Waals surface area contributed by atoms with Gasteiger partial charge in [0.1, 0.15) is 13.2 Å². The van der Waals surface area contributed by atoms with Gasteiger partial charge in [0.2, 0.25) is 0 Å². The molecule has 19 heavy (non-hydrogen) atoms. The zero-order chi connectivity index (χ0) is 14.5. The van der Waals surface area contributed by atoms with E-state index in [4.69, 9.17) is 14.9 Å². The predicted molar refractivity (Wildman–Crippen MR) is 63.9 cm³/mol. The van der Waals surface area contributed by atoms with Crippen LogP contribution in [0, 0.1) is 0 Å². The van der Waals surface area contributed by atoms with E-state index in [0.717, 1.165) is 0 Å². The Morgan fingerprint density at radius 2 is 2.00 bits per heavy atom. The summed E-state index contributed by atoms with van der Waals surface area (Å²) in [5.74, 6) is -1.21. The van der Waals surface area contributed by atoms with E-state index in [9.17, 15) is 14.2 Å². The van der Waals surface area contributed by atoms with E-state index in [2.05, 4.69) is 4.74 Å². The average Bonchev–Trinajstić information content (AvgIpc) is 2.33. The molecule has 1 aromatic carbocycles. The summed E-state index contributed by atoms with van der Waals surface area (Å²) in [4.78, 5) is 39.2. The minimum Gasteiger partial charge on any atom is -0.480 e. The van der Waals surface area contributed by atoms with Crippen molar-refractivity contribution >= 4 is 25.0 Å². The monoisotopic (exact) mass is 289 g/mol. The number of carboxylic acid groups (broad SMARTS) is 1. The third kappa shape index (κ3) is 5.52. The van der Waals surface area contributed by atoms with Crippen LogP contribution >= 0.6 is 7.60 Å². The van der Waals surface area contributed by atoms with Crippen molar-refractivity contribution in [2.45, 2.75) is 6.61 Å². The normalized spacial score (nSPS) is 10.8. The summed E-state index contributed by atoms with van der Waals surface area (Å²) in [5.41, 5.74) is 0.381. The summed E-state index contributed by atoms with van der Waals surface area (Å²) in [6, 6.07) is 5.41. The van der Waals surface area contributed by atoms with Gasteiger partial charge in [0.05, 0.1) is 5.30 Å². The maximum Gasteiger partial charge on any atom is 0.407 e. The van der Waals surface area contributed by atoms with Crippen molar-refractivity contribution in [3.8, 4) is 0 Å². The van der Waals surface area contributed by atoms with Crippen molar-refractivity contribution in [3.05, 3.63) is 29.8 Å². The standard InChI is InChI=1S/C10H12NO7P/c12-9(13)5-11-10(14)18-6-7-2-1-3-8(4-7)19(15,16)17/h1-4H,5-6H2,(H,11,14)(H,12,13)(H2,15,16,17). The van der Waals surface area contributed by atoms with Crippen LogP contribution in [0.2, 0.25) is 0 Å². The Bertz CT molecular complexity index is 524. The zero-order valence-electron chi connectivity index (χ0n) is 9.65. The molecule has 0 atom stereocenters.